The molecule has 0 aliphatic heterocycles. The number of aliphatic carboxylic acids is 1. The predicted octanol–water partition coefficient (Wildman–Crippen LogP) is 0.338. The number of ether oxygens (including phenoxy) is 1. The third-order valence-corrected chi connectivity index (χ3v) is 3.33. The molecule has 3 N–H and O–H groups in total. The van der Waals surface area contributed by atoms with Crippen LogP contribution in [0.4, 0.5) is 0 Å². The molecule has 0 spiro atoms. The van der Waals surface area contributed by atoms with Crippen LogP contribution >= 0.6 is 11.3 Å². The van der Waals surface area contributed by atoms with E-state index >= 15 is 0 Å². The minimum atomic E-state index is -1.05. The van der Waals surface area contributed by atoms with Crippen LogP contribution in [-0.2, 0) is 14.3 Å². The molecule has 114 valence electrons. The maximum Gasteiger partial charge on any atom is 0.328 e. The Labute approximate surface area is 125 Å². The lowest BCUT2D eigenvalue weighted by atomic mass is 10.4. The van der Waals surface area contributed by atoms with E-state index in [9.17, 15) is 14.4 Å². The summed E-state index contributed by atoms with van der Waals surface area (Å²) >= 11 is 1.14. The Balaban J connectivity index is 2.42. The van der Waals surface area contributed by atoms with E-state index in [1.165, 1.54) is 13.2 Å². The lowest BCUT2D eigenvalue weighted by molar-refractivity contribution is -0.131. The molecule has 0 atom stereocenters. The number of carbonyl (C=O) groups excluding carboxylic acids is 2. The molecule has 1 heterocycles. The Bertz CT molecular complexity index is 538. The fraction of sp³-hybridized carbons (Fsp3) is 0.308. The van der Waals surface area contributed by atoms with Gasteiger partial charge in [-0.25, -0.2) is 4.79 Å². The van der Waals surface area contributed by atoms with Gasteiger partial charge in [0.25, 0.3) is 5.91 Å². The zero-order valence-corrected chi connectivity index (χ0v) is 12.2. The fourth-order valence-electron chi connectivity index (χ4n) is 1.32. The molecule has 8 heteroatoms. The monoisotopic (exact) mass is 312 g/mol. The standard InChI is InChI=1S/C13H16N2O5S/c1-20-7-6-14-11(16)8-15-13(19)10-4-2-9(21-10)3-5-12(17)18/h2-5H,6-8H2,1H3,(H,14,16)(H,15,19)(H,17,18)/b5-3+. The van der Waals surface area contributed by atoms with Gasteiger partial charge in [0, 0.05) is 24.6 Å². The average Bonchev–Trinajstić information content (AvgIpc) is 2.92. The number of hydrogen-bond donors (Lipinski definition) is 3. The largest absolute Gasteiger partial charge is 0.478 e. The number of amides is 2. The Hall–Kier alpha value is -2.19. The van der Waals surface area contributed by atoms with Crippen molar-refractivity contribution in [3.05, 3.63) is 28.0 Å². The normalized spacial score (nSPS) is 10.5. The molecule has 0 aromatic carbocycles. The van der Waals surface area contributed by atoms with Crippen LogP contribution < -0.4 is 10.6 Å². The summed E-state index contributed by atoms with van der Waals surface area (Å²) in [6.07, 6.45) is 2.40. The molecule has 0 bridgehead atoms. The van der Waals surface area contributed by atoms with E-state index in [2.05, 4.69) is 10.6 Å². The molecule has 1 aromatic heterocycles. The van der Waals surface area contributed by atoms with Gasteiger partial charge >= 0.3 is 5.97 Å². The summed E-state index contributed by atoms with van der Waals surface area (Å²) in [5.41, 5.74) is 0. The summed E-state index contributed by atoms with van der Waals surface area (Å²) in [6.45, 7) is 0.666. The number of hydrogen-bond acceptors (Lipinski definition) is 5. The molecule has 2 amide bonds. The van der Waals surface area contributed by atoms with E-state index < -0.39 is 5.97 Å². The lowest BCUT2D eigenvalue weighted by Crippen LogP contribution is -2.37. The highest BCUT2D eigenvalue weighted by Crippen LogP contribution is 2.17. The van der Waals surface area contributed by atoms with Gasteiger partial charge in [-0.15, -0.1) is 11.3 Å². The Morgan fingerprint density at radius 3 is 2.76 bits per heavy atom. The molecule has 21 heavy (non-hydrogen) atoms. The van der Waals surface area contributed by atoms with Gasteiger partial charge in [0.2, 0.25) is 5.91 Å². The zero-order valence-electron chi connectivity index (χ0n) is 11.4. The topological polar surface area (TPSA) is 105 Å². The summed E-state index contributed by atoms with van der Waals surface area (Å²) in [5, 5.41) is 13.6. The van der Waals surface area contributed by atoms with Crippen molar-refractivity contribution in [1.29, 1.82) is 0 Å². The second-order valence-electron chi connectivity index (χ2n) is 3.90. The summed E-state index contributed by atoms with van der Waals surface area (Å²) in [6, 6.07) is 3.21. The third kappa shape index (κ3) is 6.68. The molecule has 1 rings (SSSR count). The highest BCUT2D eigenvalue weighted by atomic mass is 32.1. The Morgan fingerprint density at radius 2 is 2.10 bits per heavy atom. The van der Waals surface area contributed by atoms with E-state index in [4.69, 9.17) is 9.84 Å². The smallest absolute Gasteiger partial charge is 0.328 e. The second kappa shape index (κ2) is 8.88. The van der Waals surface area contributed by atoms with Crippen molar-refractivity contribution in [3.8, 4) is 0 Å². The molecule has 1 aromatic rings. The molecule has 7 nitrogen and oxygen atoms in total. The van der Waals surface area contributed by atoms with Gasteiger partial charge in [-0.2, -0.15) is 0 Å². The quantitative estimate of drug-likeness (QED) is 0.474. The van der Waals surface area contributed by atoms with Crippen molar-refractivity contribution in [2.45, 2.75) is 0 Å². The Morgan fingerprint density at radius 1 is 1.33 bits per heavy atom. The van der Waals surface area contributed by atoms with E-state index in [1.807, 2.05) is 0 Å². The van der Waals surface area contributed by atoms with Gasteiger partial charge in [-0.1, -0.05) is 0 Å². The van der Waals surface area contributed by atoms with Gasteiger partial charge < -0.3 is 20.5 Å². The highest BCUT2D eigenvalue weighted by Gasteiger charge is 2.10. The van der Waals surface area contributed by atoms with Crippen LogP contribution in [0, 0.1) is 0 Å². The van der Waals surface area contributed by atoms with Gasteiger partial charge in [-0.3, -0.25) is 9.59 Å². The van der Waals surface area contributed by atoms with Crippen molar-refractivity contribution in [2.24, 2.45) is 0 Å². The van der Waals surface area contributed by atoms with Crippen LogP contribution in [0.15, 0.2) is 18.2 Å². The van der Waals surface area contributed by atoms with Crippen LogP contribution in [0.2, 0.25) is 0 Å². The summed E-state index contributed by atoms with van der Waals surface area (Å²) in [5.74, 6) is -1.73. The molecular weight excluding hydrogens is 296 g/mol. The van der Waals surface area contributed by atoms with Crippen LogP contribution in [0.5, 0.6) is 0 Å². The average molecular weight is 312 g/mol. The van der Waals surface area contributed by atoms with Crippen LogP contribution in [0.1, 0.15) is 14.5 Å². The van der Waals surface area contributed by atoms with Crippen molar-refractivity contribution in [3.63, 3.8) is 0 Å². The molecule has 0 saturated heterocycles. The number of carboxylic acids is 1. The molecule has 0 unspecified atom stereocenters. The van der Waals surface area contributed by atoms with Crippen molar-refractivity contribution >= 4 is 35.2 Å². The predicted molar refractivity (Wildman–Crippen MR) is 78.2 cm³/mol. The molecular formula is C13H16N2O5S. The molecule has 0 aliphatic carbocycles. The van der Waals surface area contributed by atoms with Gasteiger partial charge in [0.1, 0.15) is 0 Å². The van der Waals surface area contributed by atoms with Crippen molar-refractivity contribution < 1.29 is 24.2 Å². The maximum atomic E-state index is 11.8. The fourth-order valence-corrected chi connectivity index (χ4v) is 2.15. The van der Waals surface area contributed by atoms with Crippen LogP contribution in [0.3, 0.4) is 0 Å². The first-order valence-electron chi connectivity index (χ1n) is 6.07. The SMILES string of the molecule is COCCNC(=O)CNC(=O)c1ccc(/C=C/C(=O)O)s1. The number of rotatable bonds is 8. The van der Waals surface area contributed by atoms with Crippen LogP contribution in [-0.4, -0.2) is 49.7 Å². The first-order chi connectivity index (χ1) is 10.0. The summed E-state index contributed by atoms with van der Waals surface area (Å²) < 4.78 is 4.78. The van der Waals surface area contributed by atoms with Gasteiger partial charge in [0.15, 0.2) is 0 Å². The summed E-state index contributed by atoms with van der Waals surface area (Å²) in [7, 11) is 1.53. The maximum absolute atomic E-state index is 11.8. The van der Waals surface area contributed by atoms with E-state index in [1.54, 1.807) is 12.1 Å². The first kappa shape index (κ1) is 16.9. The number of carbonyl (C=O) groups is 3. The second-order valence-corrected chi connectivity index (χ2v) is 5.01. The number of thiophene rings is 1. The van der Waals surface area contributed by atoms with E-state index in [0.29, 0.717) is 22.9 Å². The first-order valence-corrected chi connectivity index (χ1v) is 6.89. The zero-order chi connectivity index (χ0) is 15.7. The molecule has 0 fully saturated rings. The lowest BCUT2D eigenvalue weighted by Gasteiger charge is -2.05. The number of nitrogens with one attached hydrogen (secondary N) is 2. The molecule has 0 radical (unpaired) electrons. The van der Waals surface area contributed by atoms with E-state index in [-0.39, 0.29) is 18.4 Å². The van der Waals surface area contributed by atoms with Crippen LogP contribution in [0.25, 0.3) is 6.08 Å². The van der Waals surface area contributed by atoms with Gasteiger partial charge in [-0.05, 0) is 18.2 Å². The molecule has 0 saturated carbocycles. The van der Waals surface area contributed by atoms with Crippen molar-refractivity contribution in [2.75, 3.05) is 26.8 Å². The molecule has 0 aliphatic rings. The minimum Gasteiger partial charge on any atom is -0.478 e. The minimum absolute atomic E-state index is 0.124. The number of methoxy groups -OCH3 is 1. The van der Waals surface area contributed by atoms with Crippen molar-refractivity contribution in [1.82, 2.24) is 10.6 Å². The number of carboxylic acid groups (broad SMARTS) is 1. The summed E-state index contributed by atoms with van der Waals surface area (Å²) in [4.78, 5) is 34.6. The highest BCUT2D eigenvalue weighted by molar-refractivity contribution is 7.14. The third-order valence-electron chi connectivity index (χ3n) is 2.28. The van der Waals surface area contributed by atoms with E-state index in [0.717, 1.165) is 17.4 Å². The Kier molecular flexibility index (Phi) is 7.13. The van der Waals surface area contributed by atoms with Gasteiger partial charge in [0.05, 0.1) is 18.0 Å².